The first-order valence-electron chi connectivity index (χ1n) is 7.14. The Hall–Kier alpha value is -0.870. The molecule has 4 heteroatoms. The molecule has 1 aliphatic heterocycles. The lowest BCUT2D eigenvalue weighted by Crippen LogP contribution is -2.55. The van der Waals surface area contributed by atoms with Crippen molar-refractivity contribution in [3.8, 4) is 0 Å². The third kappa shape index (κ3) is 3.00. The number of hydrogen-bond acceptors (Lipinski definition) is 3. The van der Waals surface area contributed by atoms with Crippen LogP contribution in [0.1, 0.15) is 38.0 Å². The maximum absolute atomic E-state index is 12.7. The molecule has 3 nitrogen and oxygen atoms in total. The predicted octanol–water partition coefficient (Wildman–Crippen LogP) is 2.67. The summed E-state index contributed by atoms with van der Waals surface area (Å²) in [6.07, 6.45) is 3.90. The Morgan fingerprint density at radius 1 is 1.63 bits per heavy atom. The van der Waals surface area contributed by atoms with Crippen molar-refractivity contribution in [2.75, 3.05) is 13.6 Å². The Balaban J connectivity index is 2.01. The molecule has 1 fully saturated rings. The van der Waals surface area contributed by atoms with Crippen molar-refractivity contribution in [1.82, 2.24) is 10.2 Å². The summed E-state index contributed by atoms with van der Waals surface area (Å²) in [6.45, 7) is 5.21. The minimum atomic E-state index is -0.307. The average Bonchev–Trinajstić information content (AvgIpc) is 3.08. The first kappa shape index (κ1) is 14.5. The van der Waals surface area contributed by atoms with Gasteiger partial charge in [-0.1, -0.05) is 13.0 Å². The molecule has 1 aromatic heterocycles. The zero-order chi connectivity index (χ0) is 13.9. The standard InChI is InChI=1S/C15H24N2OS/c1-4-15(8-6-9-16-15)14(18)17(3)12(2)11-13-7-5-10-19-13/h5,7,10,12,16H,4,6,8-9,11H2,1-3H3. The number of amides is 1. The third-order valence-electron chi connectivity index (χ3n) is 4.31. The van der Waals surface area contributed by atoms with Crippen LogP contribution in [-0.2, 0) is 11.2 Å². The Bertz CT molecular complexity index is 410. The number of likely N-dealkylation sites (N-methyl/N-ethyl adjacent to an activating group) is 1. The minimum absolute atomic E-state index is 0.247. The van der Waals surface area contributed by atoms with Gasteiger partial charge in [0.2, 0.25) is 5.91 Å². The molecule has 0 radical (unpaired) electrons. The Morgan fingerprint density at radius 3 is 2.95 bits per heavy atom. The van der Waals surface area contributed by atoms with Gasteiger partial charge in [0.15, 0.2) is 0 Å². The zero-order valence-electron chi connectivity index (χ0n) is 12.1. The molecule has 106 valence electrons. The van der Waals surface area contributed by atoms with Crippen molar-refractivity contribution in [3.63, 3.8) is 0 Å². The van der Waals surface area contributed by atoms with E-state index in [1.54, 1.807) is 11.3 Å². The molecule has 0 aliphatic carbocycles. The number of nitrogens with zero attached hydrogens (tertiary/aromatic N) is 1. The second-order valence-corrected chi connectivity index (χ2v) is 6.55. The third-order valence-corrected chi connectivity index (χ3v) is 5.21. The van der Waals surface area contributed by atoms with Crippen LogP contribution < -0.4 is 5.32 Å². The number of thiophene rings is 1. The molecule has 2 rings (SSSR count). The highest BCUT2D eigenvalue weighted by Gasteiger charge is 2.41. The molecule has 1 saturated heterocycles. The van der Waals surface area contributed by atoms with Crippen molar-refractivity contribution >= 4 is 17.2 Å². The number of hydrogen-bond donors (Lipinski definition) is 1. The number of rotatable bonds is 5. The minimum Gasteiger partial charge on any atom is -0.341 e. The zero-order valence-corrected chi connectivity index (χ0v) is 12.9. The smallest absolute Gasteiger partial charge is 0.242 e. The van der Waals surface area contributed by atoms with Crippen molar-refractivity contribution in [2.45, 2.75) is 51.1 Å². The van der Waals surface area contributed by atoms with Crippen molar-refractivity contribution in [2.24, 2.45) is 0 Å². The largest absolute Gasteiger partial charge is 0.341 e. The summed E-state index contributed by atoms with van der Waals surface area (Å²) in [5.41, 5.74) is -0.307. The van der Waals surface area contributed by atoms with Crippen LogP contribution in [0, 0.1) is 0 Å². The van der Waals surface area contributed by atoms with Gasteiger partial charge in [0, 0.05) is 24.4 Å². The van der Waals surface area contributed by atoms with E-state index in [0.29, 0.717) is 0 Å². The number of carbonyl (C=O) groups excluding carboxylic acids is 1. The van der Waals surface area contributed by atoms with Crippen LogP contribution in [0.3, 0.4) is 0 Å². The predicted molar refractivity (Wildman–Crippen MR) is 80.5 cm³/mol. The van der Waals surface area contributed by atoms with Gasteiger partial charge in [0.1, 0.15) is 0 Å². The Morgan fingerprint density at radius 2 is 2.42 bits per heavy atom. The van der Waals surface area contributed by atoms with Gasteiger partial charge in [-0.3, -0.25) is 4.79 Å². The summed E-state index contributed by atoms with van der Waals surface area (Å²) in [4.78, 5) is 16.0. The fraction of sp³-hybridized carbons (Fsp3) is 0.667. The van der Waals surface area contributed by atoms with Crippen LogP contribution in [0.2, 0.25) is 0 Å². The van der Waals surface area contributed by atoms with Crippen molar-refractivity contribution in [1.29, 1.82) is 0 Å². The highest BCUT2D eigenvalue weighted by atomic mass is 32.1. The van der Waals surface area contributed by atoms with Gasteiger partial charge in [-0.25, -0.2) is 0 Å². The monoisotopic (exact) mass is 280 g/mol. The fourth-order valence-electron chi connectivity index (χ4n) is 2.84. The molecule has 19 heavy (non-hydrogen) atoms. The van der Waals surface area contributed by atoms with Gasteiger partial charge in [0.25, 0.3) is 0 Å². The highest BCUT2D eigenvalue weighted by molar-refractivity contribution is 7.09. The lowest BCUT2D eigenvalue weighted by atomic mass is 9.92. The van der Waals surface area contributed by atoms with Gasteiger partial charge in [-0.15, -0.1) is 11.3 Å². The quantitative estimate of drug-likeness (QED) is 0.899. The normalized spacial score (nSPS) is 24.4. The molecule has 0 saturated carbocycles. The van der Waals surface area contributed by atoms with E-state index in [2.05, 4.69) is 36.7 Å². The average molecular weight is 280 g/mol. The molecular formula is C15H24N2OS. The second-order valence-electron chi connectivity index (χ2n) is 5.51. The van der Waals surface area contributed by atoms with E-state index in [1.165, 1.54) is 4.88 Å². The lowest BCUT2D eigenvalue weighted by Gasteiger charge is -2.35. The van der Waals surface area contributed by atoms with Crippen LogP contribution in [0.5, 0.6) is 0 Å². The summed E-state index contributed by atoms with van der Waals surface area (Å²) >= 11 is 1.76. The molecule has 1 aliphatic rings. The summed E-state index contributed by atoms with van der Waals surface area (Å²) in [7, 11) is 1.94. The molecule has 2 unspecified atom stereocenters. The summed E-state index contributed by atoms with van der Waals surface area (Å²) < 4.78 is 0. The van der Waals surface area contributed by atoms with E-state index in [-0.39, 0.29) is 17.5 Å². The first-order chi connectivity index (χ1) is 9.09. The Labute approximate surface area is 120 Å². The maximum atomic E-state index is 12.7. The SMILES string of the molecule is CCC1(C(=O)N(C)C(C)Cc2cccs2)CCCN1. The van der Waals surface area contributed by atoms with Crippen molar-refractivity contribution < 1.29 is 4.79 Å². The van der Waals surface area contributed by atoms with E-state index >= 15 is 0 Å². The van der Waals surface area contributed by atoms with E-state index in [9.17, 15) is 4.79 Å². The summed E-state index contributed by atoms with van der Waals surface area (Å²) in [5, 5.41) is 5.52. The molecule has 0 bridgehead atoms. The van der Waals surface area contributed by atoms with Crippen LogP contribution in [0.25, 0.3) is 0 Å². The molecule has 2 atom stereocenters. The van der Waals surface area contributed by atoms with Gasteiger partial charge >= 0.3 is 0 Å². The molecule has 0 aromatic carbocycles. The van der Waals surface area contributed by atoms with Crippen LogP contribution >= 0.6 is 11.3 Å². The van der Waals surface area contributed by atoms with E-state index in [0.717, 1.165) is 32.2 Å². The lowest BCUT2D eigenvalue weighted by molar-refractivity contribution is -0.138. The fourth-order valence-corrected chi connectivity index (χ4v) is 3.66. The molecule has 1 N–H and O–H groups in total. The van der Waals surface area contributed by atoms with Crippen LogP contribution in [0.15, 0.2) is 17.5 Å². The van der Waals surface area contributed by atoms with Crippen molar-refractivity contribution in [3.05, 3.63) is 22.4 Å². The molecule has 1 aromatic rings. The first-order valence-corrected chi connectivity index (χ1v) is 8.01. The topological polar surface area (TPSA) is 32.3 Å². The van der Waals surface area contributed by atoms with E-state index in [1.807, 2.05) is 11.9 Å². The molecule has 2 heterocycles. The molecule has 0 spiro atoms. The number of carbonyl (C=O) groups is 1. The number of nitrogens with one attached hydrogen (secondary N) is 1. The highest BCUT2D eigenvalue weighted by Crippen LogP contribution is 2.26. The Kier molecular flexibility index (Phi) is 4.63. The van der Waals surface area contributed by atoms with Crippen LogP contribution in [-0.4, -0.2) is 36.0 Å². The van der Waals surface area contributed by atoms with Gasteiger partial charge in [0.05, 0.1) is 5.54 Å². The molecular weight excluding hydrogens is 256 g/mol. The molecule has 1 amide bonds. The second kappa shape index (κ2) is 6.06. The summed E-state index contributed by atoms with van der Waals surface area (Å²) in [6, 6.07) is 4.46. The van der Waals surface area contributed by atoms with Gasteiger partial charge in [-0.2, -0.15) is 0 Å². The van der Waals surface area contributed by atoms with Crippen LogP contribution in [0.4, 0.5) is 0 Å². The van der Waals surface area contributed by atoms with E-state index in [4.69, 9.17) is 0 Å². The maximum Gasteiger partial charge on any atom is 0.242 e. The summed E-state index contributed by atoms with van der Waals surface area (Å²) in [5.74, 6) is 0.261. The van der Waals surface area contributed by atoms with E-state index < -0.39 is 0 Å². The van der Waals surface area contributed by atoms with Gasteiger partial charge in [-0.05, 0) is 44.2 Å². The van der Waals surface area contributed by atoms with Gasteiger partial charge < -0.3 is 10.2 Å².